The summed E-state index contributed by atoms with van der Waals surface area (Å²) in [5, 5.41) is 20.6. The summed E-state index contributed by atoms with van der Waals surface area (Å²) in [6.45, 7) is 2.21. The van der Waals surface area contributed by atoms with Crippen LogP contribution in [0.15, 0.2) is 36.4 Å². The molecule has 6 rings (SSSR count). The molecular formula is C36H36N2O7. The highest BCUT2D eigenvalue weighted by Crippen LogP contribution is 2.53. The molecule has 0 radical (unpaired) electrons. The first-order chi connectivity index (χ1) is 21.9. The highest BCUT2D eigenvalue weighted by atomic mass is 16.6. The Bertz CT molecular complexity index is 1610. The Balaban J connectivity index is 1.33. The average Bonchev–Trinajstić information content (AvgIpc) is 3.54. The molecule has 0 aromatic heterocycles. The van der Waals surface area contributed by atoms with Gasteiger partial charge in [-0.2, -0.15) is 10.5 Å². The number of benzene rings is 2. The minimum atomic E-state index is -1.14. The molecule has 232 valence electrons. The van der Waals surface area contributed by atoms with Gasteiger partial charge in [-0.3, -0.25) is 19.2 Å². The van der Waals surface area contributed by atoms with Crippen LogP contribution in [0, 0.1) is 40.4 Å². The second-order valence-electron chi connectivity index (χ2n) is 12.8. The second-order valence-corrected chi connectivity index (χ2v) is 12.8. The number of rotatable bonds is 9. The highest BCUT2D eigenvalue weighted by molar-refractivity contribution is 6.01. The van der Waals surface area contributed by atoms with Gasteiger partial charge in [-0.15, -0.1) is 0 Å². The quantitative estimate of drug-likeness (QED) is 0.188. The molecule has 4 aliphatic rings. The van der Waals surface area contributed by atoms with Gasteiger partial charge in [-0.05, 0) is 60.3 Å². The molecule has 2 aliphatic heterocycles. The Labute approximate surface area is 262 Å². The van der Waals surface area contributed by atoms with Gasteiger partial charge in [0.2, 0.25) is 0 Å². The van der Waals surface area contributed by atoms with Crippen molar-refractivity contribution >= 4 is 23.9 Å². The number of carbonyl (C=O) groups excluding carboxylic acids is 4. The van der Waals surface area contributed by atoms with Crippen LogP contribution in [0.5, 0.6) is 5.75 Å². The van der Waals surface area contributed by atoms with E-state index in [2.05, 4.69) is 19.1 Å². The summed E-state index contributed by atoms with van der Waals surface area (Å²) in [5.41, 5.74) is 2.22. The molecular weight excluding hydrogens is 572 g/mol. The number of hydrogen-bond acceptors (Lipinski definition) is 9. The van der Waals surface area contributed by atoms with E-state index in [4.69, 9.17) is 14.2 Å². The van der Waals surface area contributed by atoms with Crippen LogP contribution >= 0.6 is 0 Å². The van der Waals surface area contributed by atoms with Crippen molar-refractivity contribution in [2.24, 2.45) is 17.8 Å². The fraction of sp³-hybridized carbons (Fsp3) is 0.500. The molecule has 5 atom stereocenters. The molecule has 9 nitrogen and oxygen atoms in total. The number of fused-ring (bicyclic) bond motifs is 3. The number of esters is 4. The van der Waals surface area contributed by atoms with Crippen LogP contribution < -0.4 is 4.74 Å². The van der Waals surface area contributed by atoms with Gasteiger partial charge >= 0.3 is 23.9 Å². The van der Waals surface area contributed by atoms with Crippen LogP contribution in [-0.2, 0) is 28.7 Å². The Kier molecular flexibility index (Phi) is 8.72. The summed E-state index contributed by atoms with van der Waals surface area (Å²) in [5.74, 6) is -5.92. The predicted molar refractivity (Wildman–Crippen MR) is 159 cm³/mol. The van der Waals surface area contributed by atoms with Crippen molar-refractivity contribution in [3.8, 4) is 17.9 Å². The summed E-state index contributed by atoms with van der Waals surface area (Å²) >= 11 is 0. The zero-order valence-corrected chi connectivity index (χ0v) is 25.3. The zero-order chi connectivity index (χ0) is 31.7. The molecule has 3 fully saturated rings. The number of ether oxygens (including phenoxy) is 3. The minimum absolute atomic E-state index is 0.0496. The van der Waals surface area contributed by atoms with Crippen molar-refractivity contribution in [3.63, 3.8) is 0 Å². The van der Waals surface area contributed by atoms with E-state index in [9.17, 15) is 29.7 Å². The van der Waals surface area contributed by atoms with Gasteiger partial charge in [-0.25, -0.2) is 0 Å². The van der Waals surface area contributed by atoms with Crippen LogP contribution in [0.3, 0.4) is 0 Å². The van der Waals surface area contributed by atoms with Crippen molar-refractivity contribution in [1.29, 1.82) is 10.5 Å². The third-order valence-electron chi connectivity index (χ3n) is 10.3. The molecule has 2 heterocycles. The van der Waals surface area contributed by atoms with Crippen molar-refractivity contribution in [3.05, 3.63) is 64.2 Å². The third kappa shape index (κ3) is 5.61. The first-order valence-corrected chi connectivity index (χ1v) is 16.1. The molecule has 45 heavy (non-hydrogen) atoms. The zero-order valence-electron chi connectivity index (χ0n) is 25.3. The lowest BCUT2D eigenvalue weighted by Crippen LogP contribution is -2.46. The molecule has 2 aromatic rings. The SMILES string of the molecule is CCCCCCC1CCC(c2ccc(OC3C4C(=O)OC(=O)C4c4ccccc4C3C3CC(=O)OC3=O)c(C#N)c2C#N)CC1. The number of unbranched alkanes of at least 4 members (excludes halogenated alkanes) is 3. The molecule has 0 N–H and O–H groups in total. The molecule has 1 saturated carbocycles. The predicted octanol–water partition coefficient (Wildman–Crippen LogP) is 6.09. The lowest BCUT2D eigenvalue weighted by molar-refractivity contribution is -0.156. The summed E-state index contributed by atoms with van der Waals surface area (Å²) in [7, 11) is 0. The fourth-order valence-corrected chi connectivity index (χ4v) is 8.05. The van der Waals surface area contributed by atoms with Gasteiger partial charge in [0.25, 0.3) is 0 Å². The van der Waals surface area contributed by atoms with E-state index in [1.807, 2.05) is 6.07 Å². The molecule has 0 amide bonds. The van der Waals surface area contributed by atoms with Gasteiger partial charge in [0.05, 0.1) is 23.8 Å². The van der Waals surface area contributed by atoms with Crippen molar-refractivity contribution in [1.82, 2.24) is 0 Å². The topological polar surface area (TPSA) is 144 Å². The number of carbonyl (C=O) groups is 4. The van der Waals surface area contributed by atoms with Crippen LogP contribution in [0.2, 0.25) is 0 Å². The molecule has 2 aromatic carbocycles. The van der Waals surface area contributed by atoms with E-state index in [-0.39, 0.29) is 29.2 Å². The van der Waals surface area contributed by atoms with E-state index in [1.54, 1.807) is 30.3 Å². The monoisotopic (exact) mass is 608 g/mol. The second kappa shape index (κ2) is 12.9. The maximum atomic E-state index is 13.2. The van der Waals surface area contributed by atoms with E-state index in [0.29, 0.717) is 17.0 Å². The van der Waals surface area contributed by atoms with Crippen LogP contribution in [0.1, 0.15) is 117 Å². The first kappa shape index (κ1) is 30.5. The molecule has 2 saturated heterocycles. The highest BCUT2D eigenvalue weighted by Gasteiger charge is 2.60. The van der Waals surface area contributed by atoms with Crippen molar-refractivity contribution < 1.29 is 33.4 Å². The lowest BCUT2D eigenvalue weighted by Gasteiger charge is -2.40. The number of cyclic esters (lactones) is 4. The van der Waals surface area contributed by atoms with Crippen LogP contribution in [0.4, 0.5) is 0 Å². The average molecular weight is 609 g/mol. The summed E-state index contributed by atoms with van der Waals surface area (Å²) < 4.78 is 16.5. The molecule has 5 unspecified atom stereocenters. The van der Waals surface area contributed by atoms with E-state index in [0.717, 1.165) is 31.2 Å². The Morgan fingerprint density at radius 2 is 1.51 bits per heavy atom. The normalized spacial score (nSPS) is 28.8. The molecule has 0 spiro atoms. The minimum Gasteiger partial charge on any atom is -0.487 e. The van der Waals surface area contributed by atoms with Gasteiger partial charge in [0.15, 0.2) is 0 Å². The summed E-state index contributed by atoms with van der Waals surface area (Å²) in [6, 6.07) is 14.8. The fourth-order valence-electron chi connectivity index (χ4n) is 8.05. The molecule has 0 bridgehead atoms. The molecule has 2 aliphatic carbocycles. The van der Waals surface area contributed by atoms with Gasteiger partial charge in [0.1, 0.15) is 35.5 Å². The summed E-state index contributed by atoms with van der Waals surface area (Å²) in [4.78, 5) is 51.2. The number of nitriles is 2. The maximum Gasteiger partial charge on any atom is 0.322 e. The summed E-state index contributed by atoms with van der Waals surface area (Å²) in [6.07, 6.45) is 8.92. The Hall–Kier alpha value is -4.50. The third-order valence-corrected chi connectivity index (χ3v) is 10.3. The maximum absolute atomic E-state index is 13.2. The van der Waals surface area contributed by atoms with Crippen LogP contribution in [0.25, 0.3) is 0 Å². The standard InChI is InChI=1S/C36H36N2O7/c1-2-3-4-5-8-20-11-13-21(14-12-20)22-15-16-28(27(19-38)26(22)18-37)43-33-30(25-17-29(39)44-34(25)40)23-9-6-7-10-24(23)31-32(33)36(42)45-35(31)41/h6-7,9-10,15-16,20-21,25,30-33H,2-5,8,11-14,17H2,1H3. The first-order valence-electron chi connectivity index (χ1n) is 16.1. The van der Waals surface area contributed by atoms with Crippen molar-refractivity contribution in [2.45, 2.75) is 95.0 Å². The Morgan fingerprint density at radius 3 is 2.18 bits per heavy atom. The van der Waals surface area contributed by atoms with E-state index < -0.39 is 53.7 Å². The number of hydrogen-bond donors (Lipinski definition) is 0. The Morgan fingerprint density at radius 1 is 0.778 bits per heavy atom. The smallest absolute Gasteiger partial charge is 0.322 e. The van der Waals surface area contributed by atoms with Gasteiger partial charge in [-0.1, -0.05) is 69.4 Å². The number of nitrogens with zero attached hydrogens (tertiary/aromatic N) is 2. The largest absolute Gasteiger partial charge is 0.487 e. The van der Waals surface area contributed by atoms with Crippen molar-refractivity contribution in [2.75, 3.05) is 0 Å². The van der Waals surface area contributed by atoms with Gasteiger partial charge < -0.3 is 14.2 Å². The molecule has 9 heteroatoms. The van der Waals surface area contributed by atoms with E-state index >= 15 is 0 Å². The van der Waals surface area contributed by atoms with Crippen LogP contribution in [-0.4, -0.2) is 30.0 Å². The lowest BCUT2D eigenvalue weighted by atomic mass is 9.65. The van der Waals surface area contributed by atoms with Gasteiger partial charge in [0, 0.05) is 5.92 Å². The van der Waals surface area contributed by atoms with E-state index in [1.165, 1.54) is 32.1 Å².